The molecule has 3 rings (SSSR count). The number of amides is 1. The molecule has 0 bridgehead atoms. The van der Waals surface area contributed by atoms with Gasteiger partial charge in [0, 0.05) is 18.2 Å². The number of carbonyl (C=O) groups is 1. The van der Waals surface area contributed by atoms with Gasteiger partial charge < -0.3 is 10.6 Å². The van der Waals surface area contributed by atoms with E-state index in [0.717, 1.165) is 42.9 Å². The van der Waals surface area contributed by atoms with Crippen LogP contribution in [-0.4, -0.2) is 34.3 Å². The van der Waals surface area contributed by atoms with Gasteiger partial charge in [-0.05, 0) is 51.4 Å². The summed E-state index contributed by atoms with van der Waals surface area (Å²) in [4.78, 5) is 12.2. The molecule has 1 aromatic carbocycles. The lowest BCUT2D eigenvalue weighted by atomic mass is 10.1. The molecule has 5 nitrogen and oxygen atoms in total. The van der Waals surface area contributed by atoms with Gasteiger partial charge in [0.05, 0.1) is 17.4 Å². The van der Waals surface area contributed by atoms with Gasteiger partial charge in [-0.15, -0.1) is 0 Å². The molecule has 1 amide bonds. The van der Waals surface area contributed by atoms with Crippen LogP contribution in [0.25, 0.3) is 5.69 Å². The van der Waals surface area contributed by atoms with Crippen LogP contribution in [0.4, 0.5) is 0 Å². The van der Waals surface area contributed by atoms with E-state index in [2.05, 4.69) is 21.8 Å². The molecule has 0 saturated carbocycles. The smallest absolute Gasteiger partial charge is 0.237 e. The van der Waals surface area contributed by atoms with Crippen LogP contribution < -0.4 is 10.6 Å². The van der Waals surface area contributed by atoms with Gasteiger partial charge in [0.25, 0.3) is 0 Å². The lowest BCUT2D eigenvalue weighted by Gasteiger charge is -2.18. The van der Waals surface area contributed by atoms with Crippen LogP contribution >= 0.6 is 0 Å². The highest BCUT2D eigenvalue weighted by Gasteiger charge is 2.23. The van der Waals surface area contributed by atoms with Crippen molar-refractivity contribution < 1.29 is 4.79 Å². The van der Waals surface area contributed by atoms with Crippen molar-refractivity contribution >= 4 is 5.91 Å². The Bertz CT molecular complexity index is 659. The molecule has 1 aliphatic rings. The maximum Gasteiger partial charge on any atom is 0.237 e. The predicted octanol–water partition coefficient (Wildman–Crippen LogP) is 1.98. The average molecular weight is 312 g/mol. The van der Waals surface area contributed by atoms with E-state index in [9.17, 15) is 4.79 Å². The molecular formula is C18H24N4O. The standard InChI is InChI=1S/C18H24N4O/c1-13(20-18(23)17-9-6-10-19-17)11-16-12-14(2)21-22(16)15-7-4-3-5-8-15/h3-5,7-8,12-13,17,19H,6,9-11H2,1-2H3,(H,20,23)/t13-,17+/m1/s1. The predicted molar refractivity (Wildman–Crippen MR) is 90.6 cm³/mol. The maximum atomic E-state index is 12.2. The SMILES string of the molecule is Cc1cc(C[C@@H](C)NC(=O)[C@@H]2CCCN2)n(-c2ccccc2)n1. The van der Waals surface area contributed by atoms with Crippen LogP contribution in [0, 0.1) is 6.92 Å². The van der Waals surface area contributed by atoms with Crippen LogP contribution in [0.3, 0.4) is 0 Å². The van der Waals surface area contributed by atoms with Crippen molar-refractivity contribution in [1.82, 2.24) is 20.4 Å². The number of nitrogens with zero attached hydrogens (tertiary/aromatic N) is 2. The Morgan fingerprint density at radius 1 is 1.43 bits per heavy atom. The quantitative estimate of drug-likeness (QED) is 0.887. The minimum Gasteiger partial charge on any atom is -0.352 e. The van der Waals surface area contributed by atoms with Crippen molar-refractivity contribution in [3.05, 3.63) is 47.8 Å². The number of hydrogen-bond donors (Lipinski definition) is 2. The van der Waals surface area contributed by atoms with Crippen molar-refractivity contribution in [1.29, 1.82) is 0 Å². The molecule has 0 radical (unpaired) electrons. The normalized spacial score (nSPS) is 18.8. The van der Waals surface area contributed by atoms with Gasteiger partial charge >= 0.3 is 0 Å². The molecule has 5 heteroatoms. The third-order valence-electron chi connectivity index (χ3n) is 4.19. The topological polar surface area (TPSA) is 59.0 Å². The maximum absolute atomic E-state index is 12.2. The van der Waals surface area contributed by atoms with Crippen molar-refractivity contribution in [3.63, 3.8) is 0 Å². The summed E-state index contributed by atoms with van der Waals surface area (Å²) in [5, 5.41) is 10.9. The first-order valence-electron chi connectivity index (χ1n) is 8.28. The van der Waals surface area contributed by atoms with Gasteiger partial charge in [-0.25, -0.2) is 4.68 Å². The number of benzene rings is 1. The fraction of sp³-hybridized carbons (Fsp3) is 0.444. The van der Waals surface area contributed by atoms with Crippen molar-refractivity contribution in [3.8, 4) is 5.69 Å². The highest BCUT2D eigenvalue weighted by molar-refractivity contribution is 5.82. The molecule has 0 aliphatic carbocycles. The van der Waals surface area contributed by atoms with Gasteiger partial charge in [-0.1, -0.05) is 18.2 Å². The van der Waals surface area contributed by atoms with Gasteiger partial charge in [0.1, 0.15) is 0 Å². The Kier molecular flexibility index (Phi) is 4.76. The molecular weight excluding hydrogens is 288 g/mol. The molecule has 1 aromatic heterocycles. The fourth-order valence-corrected chi connectivity index (χ4v) is 3.11. The summed E-state index contributed by atoms with van der Waals surface area (Å²) in [6, 6.07) is 12.2. The fourth-order valence-electron chi connectivity index (χ4n) is 3.11. The van der Waals surface area contributed by atoms with Gasteiger partial charge in [-0.2, -0.15) is 5.10 Å². The Hall–Kier alpha value is -2.14. The molecule has 2 N–H and O–H groups in total. The zero-order chi connectivity index (χ0) is 16.2. The minimum atomic E-state index is -0.0294. The first-order chi connectivity index (χ1) is 11.1. The van der Waals surface area contributed by atoms with Crippen molar-refractivity contribution in [2.45, 2.75) is 45.2 Å². The Morgan fingerprint density at radius 3 is 2.91 bits per heavy atom. The largest absolute Gasteiger partial charge is 0.352 e. The minimum absolute atomic E-state index is 0.0294. The summed E-state index contributed by atoms with van der Waals surface area (Å²) in [6.07, 6.45) is 2.76. The number of para-hydroxylation sites is 1. The van der Waals surface area contributed by atoms with E-state index in [0.29, 0.717) is 0 Å². The summed E-state index contributed by atoms with van der Waals surface area (Å²) in [7, 11) is 0. The van der Waals surface area contributed by atoms with Gasteiger partial charge in [0.2, 0.25) is 5.91 Å². The Balaban J connectivity index is 1.69. The second-order valence-electron chi connectivity index (χ2n) is 6.29. The first kappa shape index (κ1) is 15.7. The number of hydrogen-bond acceptors (Lipinski definition) is 3. The van der Waals surface area contributed by atoms with Crippen molar-refractivity contribution in [2.24, 2.45) is 0 Å². The summed E-state index contributed by atoms with van der Waals surface area (Å²) in [5.74, 6) is 0.109. The second-order valence-corrected chi connectivity index (χ2v) is 6.29. The molecule has 2 heterocycles. The number of nitrogens with one attached hydrogen (secondary N) is 2. The Morgan fingerprint density at radius 2 is 2.22 bits per heavy atom. The van der Waals surface area contributed by atoms with Gasteiger partial charge in [0.15, 0.2) is 0 Å². The number of carbonyl (C=O) groups excluding carboxylic acids is 1. The molecule has 1 aliphatic heterocycles. The van der Waals surface area contributed by atoms with Gasteiger partial charge in [-0.3, -0.25) is 4.79 Å². The molecule has 23 heavy (non-hydrogen) atoms. The molecule has 122 valence electrons. The zero-order valence-corrected chi connectivity index (χ0v) is 13.7. The van der Waals surface area contributed by atoms with E-state index in [1.807, 2.05) is 48.9 Å². The van der Waals surface area contributed by atoms with E-state index in [1.165, 1.54) is 0 Å². The molecule has 2 atom stereocenters. The van der Waals surface area contributed by atoms with E-state index in [1.54, 1.807) is 0 Å². The number of aryl methyl sites for hydroxylation is 1. The highest BCUT2D eigenvalue weighted by Crippen LogP contribution is 2.14. The zero-order valence-electron chi connectivity index (χ0n) is 13.7. The van der Waals surface area contributed by atoms with E-state index < -0.39 is 0 Å². The Labute approximate surface area is 137 Å². The van der Waals surface area contributed by atoms with Crippen LogP contribution in [0.5, 0.6) is 0 Å². The van der Waals surface area contributed by atoms with E-state index in [-0.39, 0.29) is 18.0 Å². The van der Waals surface area contributed by atoms with Crippen LogP contribution in [-0.2, 0) is 11.2 Å². The van der Waals surface area contributed by atoms with Crippen LogP contribution in [0.2, 0.25) is 0 Å². The summed E-state index contributed by atoms with van der Waals surface area (Å²) >= 11 is 0. The monoisotopic (exact) mass is 312 g/mol. The summed E-state index contributed by atoms with van der Waals surface area (Å²) in [6.45, 7) is 4.98. The van der Waals surface area contributed by atoms with E-state index in [4.69, 9.17) is 0 Å². The highest BCUT2D eigenvalue weighted by atomic mass is 16.2. The molecule has 1 saturated heterocycles. The number of aromatic nitrogens is 2. The molecule has 1 fully saturated rings. The molecule has 2 aromatic rings. The second kappa shape index (κ2) is 6.96. The lowest BCUT2D eigenvalue weighted by molar-refractivity contribution is -0.123. The number of rotatable bonds is 5. The summed E-state index contributed by atoms with van der Waals surface area (Å²) in [5.41, 5.74) is 3.15. The molecule has 0 spiro atoms. The third-order valence-corrected chi connectivity index (χ3v) is 4.19. The van der Waals surface area contributed by atoms with Crippen LogP contribution in [0.1, 0.15) is 31.2 Å². The lowest BCUT2D eigenvalue weighted by Crippen LogP contribution is -2.45. The van der Waals surface area contributed by atoms with E-state index >= 15 is 0 Å². The summed E-state index contributed by atoms with van der Waals surface area (Å²) < 4.78 is 1.96. The van der Waals surface area contributed by atoms with Crippen LogP contribution in [0.15, 0.2) is 36.4 Å². The first-order valence-corrected chi connectivity index (χ1v) is 8.28. The molecule has 0 unspecified atom stereocenters. The third kappa shape index (κ3) is 3.79. The average Bonchev–Trinajstić information content (AvgIpc) is 3.18. The van der Waals surface area contributed by atoms with Crippen molar-refractivity contribution in [2.75, 3.05) is 6.54 Å².